The van der Waals surface area contributed by atoms with Gasteiger partial charge in [0.2, 0.25) is 0 Å². The molecule has 0 amide bonds. The number of nitrogens with zero attached hydrogens (tertiary/aromatic N) is 1. The van der Waals surface area contributed by atoms with Crippen molar-refractivity contribution in [3.05, 3.63) is 0 Å². The lowest BCUT2D eigenvalue weighted by Crippen LogP contribution is -2.43. The van der Waals surface area contributed by atoms with Crippen molar-refractivity contribution in [2.75, 3.05) is 39.5 Å². The van der Waals surface area contributed by atoms with Crippen LogP contribution in [0, 0.1) is 10.8 Å². The summed E-state index contributed by atoms with van der Waals surface area (Å²) in [6, 6.07) is 0. The number of ether oxygens (including phenoxy) is 2. The van der Waals surface area contributed by atoms with Gasteiger partial charge < -0.3 is 9.47 Å². The first-order valence-corrected chi connectivity index (χ1v) is 10.5. The summed E-state index contributed by atoms with van der Waals surface area (Å²) < 4.78 is 11.7. The smallest absolute Gasteiger partial charge is 0.138 e. The normalized spacial score (nSPS) is 19.7. The second-order valence-electron chi connectivity index (χ2n) is 9.99. The van der Waals surface area contributed by atoms with Crippen molar-refractivity contribution in [2.45, 2.75) is 86.2 Å². The molecule has 1 aliphatic rings. The fourth-order valence-electron chi connectivity index (χ4n) is 3.19. The Kier molecular flexibility index (Phi) is 10.3. The Bertz CT molecular complexity index is 395. The Balaban J connectivity index is 2.08. The first-order valence-electron chi connectivity index (χ1n) is 10.5. The molecule has 4 nitrogen and oxygen atoms in total. The maximum atomic E-state index is 12.0. The monoisotopic (exact) mass is 369 g/mol. The van der Waals surface area contributed by atoms with E-state index in [2.05, 4.69) is 25.7 Å². The first-order chi connectivity index (χ1) is 12.1. The number of hydrogen-bond donors (Lipinski definition) is 0. The molecule has 0 unspecified atom stereocenters. The number of Topliss-reactive ketones (excluding diaryl/α,β-unsaturated/α-hetero) is 1. The van der Waals surface area contributed by atoms with E-state index in [1.165, 1.54) is 6.42 Å². The number of unbranched alkanes of at least 4 members (excludes halogenated alkanes) is 1. The van der Waals surface area contributed by atoms with Crippen LogP contribution in [-0.2, 0) is 14.3 Å². The van der Waals surface area contributed by atoms with Crippen LogP contribution in [0.2, 0.25) is 0 Å². The third-order valence-corrected chi connectivity index (χ3v) is 5.01. The fraction of sp³-hybridized carbons (Fsp3) is 0.955. The molecule has 0 spiro atoms. The quantitative estimate of drug-likeness (QED) is 0.495. The van der Waals surface area contributed by atoms with E-state index in [1.807, 2.05) is 20.8 Å². The van der Waals surface area contributed by atoms with Crippen LogP contribution in [0.15, 0.2) is 0 Å². The summed E-state index contributed by atoms with van der Waals surface area (Å²) in [6.07, 6.45) is 6.47. The van der Waals surface area contributed by atoms with Crippen LogP contribution in [0.1, 0.15) is 80.1 Å². The predicted molar refractivity (Wildman–Crippen MR) is 109 cm³/mol. The van der Waals surface area contributed by atoms with Gasteiger partial charge in [0.25, 0.3) is 0 Å². The minimum atomic E-state index is -0.203. The number of carbonyl (C=O) groups is 1. The van der Waals surface area contributed by atoms with E-state index in [-0.39, 0.29) is 5.41 Å². The van der Waals surface area contributed by atoms with Crippen LogP contribution in [0.5, 0.6) is 0 Å². The highest BCUT2D eigenvalue weighted by Gasteiger charge is 2.22. The third-order valence-electron chi connectivity index (χ3n) is 5.01. The summed E-state index contributed by atoms with van der Waals surface area (Å²) in [5.74, 6) is 0.368. The molecule has 1 aliphatic heterocycles. The van der Waals surface area contributed by atoms with Gasteiger partial charge in [-0.15, -0.1) is 0 Å². The number of rotatable bonds is 11. The molecule has 0 N–H and O–H groups in total. The molecule has 1 rings (SSSR count). The minimum Gasteiger partial charge on any atom is -0.380 e. The Morgan fingerprint density at radius 1 is 1.08 bits per heavy atom. The van der Waals surface area contributed by atoms with Gasteiger partial charge >= 0.3 is 0 Å². The summed E-state index contributed by atoms with van der Waals surface area (Å²) >= 11 is 0. The van der Waals surface area contributed by atoms with Crippen molar-refractivity contribution < 1.29 is 14.3 Å². The molecule has 1 atom stereocenters. The van der Waals surface area contributed by atoms with Gasteiger partial charge in [0, 0.05) is 38.1 Å². The van der Waals surface area contributed by atoms with Gasteiger partial charge in [0.15, 0.2) is 0 Å². The Labute approximate surface area is 162 Å². The lowest BCUT2D eigenvalue weighted by molar-refractivity contribution is -0.126. The van der Waals surface area contributed by atoms with E-state index in [9.17, 15) is 4.79 Å². The molecule has 0 radical (unpaired) electrons. The summed E-state index contributed by atoms with van der Waals surface area (Å²) in [5.41, 5.74) is 0.198. The van der Waals surface area contributed by atoms with Crippen molar-refractivity contribution in [2.24, 2.45) is 10.8 Å². The number of carbonyl (C=O) groups excluding carboxylic acids is 1. The van der Waals surface area contributed by atoms with Crippen molar-refractivity contribution in [3.8, 4) is 0 Å². The van der Waals surface area contributed by atoms with Gasteiger partial charge in [-0.3, -0.25) is 9.69 Å². The zero-order valence-electron chi connectivity index (χ0n) is 18.2. The number of ketones is 1. The Morgan fingerprint density at radius 3 is 2.46 bits per heavy atom. The van der Waals surface area contributed by atoms with Crippen LogP contribution in [-0.4, -0.2) is 56.2 Å². The first kappa shape index (κ1) is 23.6. The SMILES string of the molecule is CC(C)(C)CCCOCCN1CCO[C@@H](CCCCC(=O)C(C)(C)C)C1. The molecule has 0 saturated carbocycles. The molecular formula is C22H43NO3. The molecule has 0 aromatic heterocycles. The molecule has 1 heterocycles. The highest BCUT2D eigenvalue weighted by atomic mass is 16.5. The molecular weight excluding hydrogens is 326 g/mol. The van der Waals surface area contributed by atoms with Gasteiger partial charge in [0.1, 0.15) is 5.78 Å². The second kappa shape index (κ2) is 11.4. The van der Waals surface area contributed by atoms with Crippen molar-refractivity contribution in [3.63, 3.8) is 0 Å². The van der Waals surface area contributed by atoms with E-state index in [4.69, 9.17) is 9.47 Å². The molecule has 1 fully saturated rings. The molecule has 26 heavy (non-hydrogen) atoms. The zero-order chi connectivity index (χ0) is 19.6. The summed E-state index contributed by atoms with van der Waals surface area (Å²) in [7, 11) is 0. The number of morpholine rings is 1. The van der Waals surface area contributed by atoms with E-state index in [0.717, 1.165) is 65.1 Å². The molecule has 0 aromatic rings. The maximum absolute atomic E-state index is 12.0. The van der Waals surface area contributed by atoms with Crippen LogP contribution < -0.4 is 0 Å². The molecule has 1 saturated heterocycles. The highest BCUT2D eigenvalue weighted by molar-refractivity contribution is 5.83. The fourth-order valence-corrected chi connectivity index (χ4v) is 3.19. The van der Waals surface area contributed by atoms with Crippen molar-refractivity contribution in [1.82, 2.24) is 4.90 Å². The molecule has 154 valence electrons. The van der Waals surface area contributed by atoms with Gasteiger partial charge in [-0.1, -0.05) is 48.0 Å². The van der Waals surface area contributed by atoms with Crippen molar-refractivity contribution in [1.29, 1.82) is 0 Å². The molecule has 4 heteroatoms. The van der Waals surface area contributed by atoms with Gasteiger partial charge in [-0.25, -0.2) is 0 Å². The van der Waals surface area contributed by atoms with E-state index in [0.29, 0.717) is 23.7 Å². The minimum absolute atomic E-state index is 0.203. The predicted octanol–water partition coefficient (Wildman–Crippen LogP) is 4.71. The highest BCUT2D eigenvalue weighted by Crippen LogP contribution is 2.21. The summed E-state index contributed by atoms with van der Waals surface area (Å²) in [6.45, 7) is 18.3. The van der Waals surface area contributed by atoms with Crippen LogP contribution in [0.25, 0.3) is 0 Å². The van der Waals surface area contributed by atoms with E-state index < -0.39 is 0 Å². The third kappa shape index (κ3) is 11.3. The van der Waals surface area contributed by atoms with Crippen LogP contribution >= 0.6 is 0 Å². The molecule has 0 aromatic carbocycles. The van der Waals surface area contributed by atoms with Gasteiger partial charge in [-0.2, -0.15) is 0 Å². The lowest BCUT2D eigenvalue weighted by atomic mass is 9.87. The Morgan fingerprint density at radius 2 is 1.81 bits per heavy atom. The van der Waals surface area contributed by atoms with Crippen molar-refractivity contribution >= 4 is 5.78 Å². The maximum Gasteiger partial charge on any atom is 0.138 e. The summed E-state index contributed by atoms with van der Waals surface area (Å²) in [5, 5.41) is 0. The van der Waals surface area contributed by atoms with E-state index >= 15 is 0 Å². The summed E-state index contributed by atoms with van der Waals surface area (Å²) in [4.78, 5) is 14.4. The zero-order valence-corrected chi connectivity index (χ0v) is 18.2. The standard InChI is InChI=1S/C22H43NO3/c1-21(2,3)12-9-15-25-16-13-23-14-17-26-19(18-23)10-7-8-11-20(24)22(4,5)6/h19H,7-18H2,1-6H3/t19-/m0/s1. The van der Waals surface area contributed by atoms with Crippen LogP contribution in [0.4, 0.5) is 0 Å². The average molecular weight is 370 g/mol. The topological polar surface area (TPSA) is 38.8 Å². The Hall–Kier alpha value is -0.450. The molecule has 0 bridgehead atoms. The van der Waals surface area contributed by atoms with Gasteiger partial charge in [0.05, 0.1) is 19.3 Å². The second-order valence-corrected chi connectivity index (χ2v) is 9.99. The average Bonchev–Trinajstić information content (AvgIpc) is 2.53. The van der Waals surface area contributed by atoms with Crippen LogP contribution in [0.3, 0.4) is 0 Å². The largest absolute Gasteiger partial charge is 0.380 e. The van der Waals surface area contributed by atoms with E-state index in [1.54, 1.807) is 0 Å². The molecule has 0 aliphatic carbocycles. The lowest BCUT2D eigenvalue weighted by Gasteiger charge is -2.33. The van der Waals surface area contributed by atoms with Gasteiger partial charge in [-0.05, 0) is 31.1 Å². The number of hydrogen-bond acceptors (Lipinski definition) is 4.